The molecular formula is C8H6BrN3O2. The molecule has 0 aromatic carbocycles. The Hall–Kier alpha value is -1.43. The van der Waals surface area contributed by atoms with Gasteiger partial charge in [0.1, 0.15) is 5.52 Å². The lowest BCUT2D eigenvalue weighted by atomic mass is 10.4. The number of aromatic nitrogens is 2. The lowest BCUT2D eigenvalue weighted by molar-refractivity contribution is -0.387. The molecule has 2 aromatic heterocycles. The van der Waals surface area contributed by atoms with Gasteiger partial charge in [-0.05, 0) is 38.0 Å². The Morgan fingerprint density at radius 2 is 2.29 bits per heavy atom. The largest absolute Gasteiger partial charge is 0.389 e. The average molecular weight is 256 g/mol. The summed E-state index contributed by atoms with van der Waals surface area (Å²) in [6.45, 7) is 1.73. The summed E-state index contributed by atoms with van der Waals surface area (Å²) in [5, 5.41) is 10.7. The van der Waals surface area contributed by atoms with Gasteiger partial charge in [0, 0.05) is 6.92 Å². The minimum atomic E-state index is -0.477. The monoisotopic (exact) mass is 255 g/mol. The second kappa shape index (κ2) is 3.06. The standard InChI is InChI=1S/C8H6BrN3O2/c1-5-10-8(12(13)14)6-3-2-4-7(9)11(5)6/h2-4H,1H3. The van der Waals surface area contributed by atoms with Crippen LogP contribution in [-0.4, -0.2) is 14.3 Å². The maximum atomic E-state index is 10.7. The predicted octanol–water partition coefficient (Wildman–Crippen LogP) is 2.31. The van der Waals surface area contributed by atoms with Crippen LogP contribution in [0.15, 0.2) is 22.8 Å². The van der Waals surface area contributed by atoms with Gasteiger partial charge in [-0.15, -0.1) is 0 Å². The normalized spacial score (nSPS) is 10.7. The summed E-state index contributed by atoms with van der Waals surface area (Å²) < 4.78 is 2.45. The van der Waals surface area contributed by atoms with Crippen molar-refractivity contribution < 1.29 is 4.92 Å². The molecule has 72 valence electrons. The van der Waals surface area contributed by atoms with Crippen LogP contribution < -0.4 is 0 Å². The fraction of sp³-hybridized carbons (Fsp3) is 0.125. The molecule has 0 saturated heterocycles. The number of rotatable bonds is 1. The molecule has 14 heavy (non-hydrogen) atoms. The minimum absolute atomic E-state index is 0.108. The van der Waals surface area contributed by atoms with Crippen LogP contribution in [-0.2, 0) is 0 Å². The Morgan fingerprint density at radius 3 is 2.93 bits per heavy atom. The second-order valence-electron chi connectivity index (χ2n) is 2.81. The number of halogens is 1. The van der Waals surface area contributed by atoms with Crippen molar-refractivity contribution in [2.24, 2.45) is 0 Å². The first-order valence-electron chi connectivity index (χ1n) is 3.89. The zero-order chi connectivity index (χ0) is 10.3. The third-order valence-corrected chi connectivity index (χ3v) is 2.55. The highest BCUT2D eigenvalue weighted by atomic mass is 79.9. The Kier molecular flexibility index (Phi) is 1.99. The Balaban J connectivity index is 2.91. The zero-order valence-electron chi connectivity index (χ0n) is 7.27. The van der Waals surface area contributed by atoms with Crippen LogP contribution in [0.2, 0.25) is 0 Å². The lowest BCUT2D eigenvalue weighted by Crippen LogP contribution is -1.90. The van der Waals surface area contributed by atoms with Crippen LogP contribution in [0.1, 0.15) is 5.82 Å². The molecule has 2 rings (SSSR count). The number of pyridine rings is 1. The summed E-state index contributed by atoms with van der Waals surface area (Å²) in [7, 11) is 0. The van der Waals surface area contributed by atoms with Gasteiger partial charge >= 0.3 is 5.82 Å². The predicted molar refractivity (Wildman–Crippen MR) is 54.3 cm³/mol. The summed E-state index contributed by atoms with van der Waals surface area (Å²) >= 11 is 3.31. The van der Waals surface area contributed by atoms with Gasteiger partial charge in [-0.2, -0.15) is 0 Å². The van der Waals surface area contributed by atoms with Crippen LogP contribution >= 0.6 is 15.9 Å². The number of fused-ring (bicyclic) bond motifs is 1. The van der Waals surface area contributed by atoms with E-state index in [2.05, 4.69) is 20.9 Å². The van der Waals surface area contributed by atoms with Gasteiger partial charge in [0.25, 0.3) is 0 Å². The van der Waals surface area contributed by atoms with Gasteiger partial charge in [-0.3, -0.25) is 4.40 Å². The molecule has 5 nitrogen and oxygen atoms in total. The first-order valence-corrected chi connectivity index (χ1v) is 4.68. The van der Waals surface area contributed by atoms with Crippen molar-refractivity contribution in [3.05, 3.63) is 38.7 Å². The van der Waals surface area contributed by atoms with E-state index >= 15 is 0 Å². The molecule has 0 aliphatic heterocycles. The van der Waals surface area contributed by atoms with Crippen LogP contribution in [0.3, 0.4) is 0 Å². The van der Waals surface area contributed by atoms with Crippen molar-refractivity contribution in [2.45, 2.75) is 6.92 Å². The molecule has 2 aromatic rings. The summed E-state index contributed by atoms with van der Waals surface area (Å²) in [6.07, 6.45) is 0. The maximum Gasteiger partial charge on any atom is 0.389 e. The molecule has 0 aliphatic carbocycles. The van der Waals surface area contributed by atoms with Crippen molar-refractivity contribution in [2.75, 3.05) is 0 Å². The Labute approximate surface area is 87.7 Å². The van der Waals surface area contributed by atoms with E-state index in [1.54, 1.807) is 23.5 Å². The molecule has 0 atom stereocenters. The third-order valence-electron chi connectivity index (χ3n) is 1.94. The quantitative estimate of drug-likeness (QED) is 0.447. The van der Waals surface area contributed by atoms with Crippen molar-refractivity contribution in [1.82, 2.24) is 9.38 Å². The molecule has 0 N–H and O–H groups in total. The van der Waals surface area contributed by atoms with Crippen LogP contribution in [0.5, 0.6) is 0 Å². The zero-order valence-corrected chi connectivity index (χ0v) is 8.85. The molecule has 0 bridgehead atoms. The van der Waals surface area contributed by atoms with Crippen molar-refractivity contribution in [1.29, 1.82) is 0 Å². The SMILES string of the molecule is Cc1nc([N+](=O)[O-])c2cccc(Br)n12. The Bertz CT molecular complexity index is 521. The fourth-order valence-corrected chi connectivity index (χ4v) is 1.98. The highest BCUT2D eigenvalue weighted by Crippen LogP contribution is 2.23. The van der Waals surface area contributed by atoms with Crippen LogP contribution in [0, 0.1) is 17.0 Å². The number of hydrogen-bond donors (Lipinski definition) is 0. The first kappa shape index (κ1) is 9.14. The van der Waals surface area contributed by atoms with Gasteiger partial charge in [0.05, 0.1) is 4.60 Å². The molecule has 0 amide bonds. The highest BCUT2D eigenvalue weighted by molar-refractivity contribution is 9.10. The second-order valence-corrected chi connectivity index (χ2v) is 3.62. The molecule has 0 spiro atoms. The molecule has 0 fully saturated rings. The molecular weight excluding hydrogens is 250 g/mol. The van der Waals surface area contributed by atoms with E-state index in [1.165, 1.54) is 0 Å². The topological polar surface area (TPSA) is 60.4 Å². The number of hydrogen-bond acceptors (Lipinski definition) is 3. The molecule has 2 heterocycles. The molecule has 0 saturated carbocycles. The van der Waals surface area contributed by atoms with Crippen LogP contribution in [0.25, 0.3) is 5.52 Å². The number of nitrogens with zero attached hydrogens (tertiary/aromatic N) is 3. The van der Waals surface area contributed by atoms with Gasteiger partial charge in [0.15, 0.2) is 0 Å². The number of imidazole rings is 1. The van der Waals surface area contributed by atoms with E-state index < -0.39 is 4.92 Å². The summed E-state index contributed by atoms with van der Waals surface area (Å²) in [6, 6.07) is 5.22. The maximum absolute atomic E-state index is 10.7. The van der Waals surface area contributed by atoms with E-state index in [-0.39, 0.29) is 5.82 Å². The van der Waals surface area contributed by atoms with E-state index in [0.717, 1.165) is 4.60 Å². The first-order chi connectivity index (χ1) is 6.61. The van der Waals surface area contributed by atoms with Crippen molar-refractivity contribution in [3.8, 4) is 0 Å². The van der Waals surface area contributed by atoms with Crippen molar-refractivity contribution >= 4 is 27.3 Å². The Morgan fingerprint density at radius 1 is 1.57 bits per heavy atom. The van der Waals surface area contributed by atoms with Gasteiger partial charge < -0.3 is 10.1 Å². The van der Waals surface area contributed by atoms with Crippen molar-refractivity contribution in [3.63, 3.8) is 0 Å². The minimum Gasteiger partial charge on any atom is -0.358 e. The van der Waals surface area contributed by atoms with Gasteiger partial charge in [0.2, 0.25) is 5.82 Å². The average Bonchev–Trinajstić information content (AvgIpc) is 2.45. The lowest BCUT2D eigenvalue weighted by Gasteiger charge is -1.96. The summed E-state index contributed by atoms with van der Waals surface area (Å²) in [5.41, 5.74) is 0.502. The van der Waals surface area contributed by atoms with Gasteiger partial charge in [-0.25, -0.2) is 0 Å². The van der Waals surface area contributed by atoms with E-state index in [0.29, 0.717) is 11.3 Å². The molecule has 6 heteroatoms. The summed E-state index contributed by atoms with van der Waals surface area (Å²) in [4.78, 5) is 14.1. The third kappa shape index (κ3) is 1.19. The molecule has 0 aliphatic rings. The van der Waals surface area contributed by atoms with E-state index in [9.17, 15) is 10.1 Å². The summed E-state index contributed by atoms with van der Waals surface area (Å²) in [5.74, 6) is 0.489. The van der Waals surface area contributed by atoms with E-state index in [1.807, 2.05) is 6.07 Å². The molecule has 0 radical (unpaired) electrons. The smallest absolute Gasteiger partial charge is 0.358 e. The number of aryl methyl sites for hydroxylation is 1. The van der Waals surface area contributed by atoms with E-state index in [4.69, 9.17) is 0 Å². The highest BCUT2D eigenvalue weighted by Gasteiger charge is 2.19. The molecule has 0 unspecified atom stereocenters. The number of nitro groups is 1. The van der Waals surface area contributed by atoms with Gasteiger partial charge in [-0.1, -0.05) is 6.07 Å². The fourth-order valence-electron chi connectivity index (χ4n) is 1.38. The van der Waals surface area contributed by atoms with Crippen LogP contribution in [0.4, 0.5) is 5.82 Å².